The van der Waals surface area contributed by atoms with Crippen LogP contribution in [-0.2, 0) is 34.3 Å². The number of halogens is 6. The Labute approximate surface area is 370 Å². The Bertz CT molecular complexity index is 3390. The van der Waals surface area contributed by atoms with Gasteiger partial charge in [0.05, 0.1) is 55.2 Å². The maximum atomic E-state index is 15.2. The molecule has 4 heterocycles. The second-order valence-corrected chi connectivity index (χ2v) is 18.5. The van der Waals surface area contributed by atoms with Gasteiger partial charge in [-0.15, -0.1) is 0 Å². The monoisotopic (exact) mass is 927 g/mol. The van der Waals surface area contributed by atoms with Crippen molar-refractivity contribution in [2.75, 3.05) is 4.72 Å². The number of aromatic nitrogens is 7. The number of hydrogen-bond donors (Lipinski definition) is 2. The largest absolute Gasteiger partial charge is 0.344 e. The number of amides is 1. The van der Waals surface area contributed by atoms with Crippen molar-refractivity contribution in [3.8, 4) is 16.9 Å². The number of benzene rings is 4. The van der Waals surface area contributed by atoms with Crippen molar-refractivity contribution >= 4 is 66.2 Å². The van der Waals surface area contributed by atoms with Crippen molar-refractivity contribution < 1.29 is 35.2 Å². The Kier molecular flexibility index (Phi) is 10.6. The first-order chi connectivity index (χ1) is 31.2. The number of nitrogens with one attached hydrogen (secondary N) is 2. The zero-order valence-electron chi connectivity index (χ0n) is 33.9. The predicted molar refractivity (Wildman–Crippen MR) is 233 cm³/mol. The lowest BCUT2D eigenvalue weighted by atomic mass is 10.0. The van der Waals surface area contributed by atoms with Gasteiger partial charge < -0.3 is 5.32 Å². The van der Waals surface area contributed by atoms with Gasteiger partial charge in [-0.3, -0.25) is 28.2 Å². The Hall–Kier alpha value is -6.73. The van der Waals surface area contributed by atoms with E-state index in [0.29, 0.717) is 24.4 Å². The molecule has 0 aliphatic heterocycles. The molecule has 0 unspecified atom stereocenters. The number of hydrogen-bond acceptors (Lipinski definition) is 8. The van der Waals surface area contributed by atoms with Gasteiger partial charge in [-0.25, -0.2) is 40.3 Å². The molecule has 13 nitrogen and oxygen atoms in total. The number of anilines is 1. The van der Waals surface area contributed by atoms with E-state index in [9.17, 15) is 30.8 Å². The molecule has 1 atom stereocenters. The van der Waals surface area contributed by atoms with Gasteiger partial charge in [0.2, 0.25) is 15.9 Å². The zero-order valence-corrected chi connectivity index (χ0v) is 35.4. The number of alkyl halides is 2. The second kappa shape index (κ2) is 16.4. The fourth-order valence-electron chi connectivity index (χ4n) is 8.22. The highest BCUT2D eigenvalue weighted by Crippen LogP contribution is 2.43. The lowest BCUT2D eigenvalue weighted by molar-refractivity contribution is -0.122. The molecule has 2 aliphatic rings. The van der Waals surface area contributed by atoms with E-state index in [1.807, 2.05) is 24.3 Å². The average molecular weight is 928 g/mol. The minimum atomic E-state index is -4.03. The molecule has 4 aromatic heterocycles. The smallest absolute Gasteiger partial charge is 0.267 e. The van der Waals surface area contributed by atoms with E-state index >= 15 is 9.18 Å². The quantitative estimate of drug-likeness (QED) is 0.103. The molecule has 20 heteroatoms. The lowest BCUT2D eigenvalue weighted by Gasteiger charge is -2.24. The number of fused-ring (bicyclic) bond motifs is 3. The molecule has 10 rings (SSSR count). The number of para-hydroxylation sites is 1. The van der Waals surface area contributed by atoms with Crippen LogP contribution in [0, 0.1) is 17.5 Å². The van der Waals surface area contributed by atoms with Crippen LogP contribution < -0.4 is 15.6 Å². The number of rotatable bonds is 14. The maximum Gasteiger partial charge on any atom is 0.267 e. The van der Waals surface area contributed by atoms with Gasteiger partial charge in [-0.2, -0.15) is 10.2 Å². The van der Waals surface area contributed by atoms with Gasteiger partial charge in [-0.1, -0.05) is 41.9 Å². The summed E-state index contributed by atoms with van der Waals surface area (Å²) >= 11 is 6.71. The van der Waals surface area contributed by atoms with Crippen molar-refractivity contribution in [1.82, 2.24) is 39.4 Å². The minimum absolute atomic E-state index is 0.0306. The van der Waals surface area contributed by atoms with Crippen LogP contribution in [0.25, 0.3) is 49.8 Å². The summed E-state index contributed by atoms with van der Waals surface area (Å²) < 4.78 is 106. The second-order valence-electron chi connectivity index (χ2n) is 16.2. The normalized spacial score (nSPS) is 14.8. The molecule has 4 aromatic carbocycles. The Morgan fingerprint density at radius 3 is 2.31 bits per heavy atom. The van der Waals surface area contributed by atoms with Crippen LogP contribution in [0.5, 0.6) is 0 Å². The third kappa shape index (κ3) is 8.18. The van der Waals surface area contributed by atoms with Crippen molar-refractivity contribution in [2.24, 2.45) is 0 Å². The van der Waals surface area contributed by atoms with E-state index in [1.165, 1.54) is 47.1 Å². The molecule has 0 radical (unpaired) electrons. The number of carbonyl (C=O) groups is 1. The predicted octanol–water partition coefficient (Wildman–Crippen LogP) is 8.36. The molecule has 332 valence electrons. The summed E-state index contributed by atoms with van der Waals surface area (Å²) in [6.07, 6.45) is -0.785. The first-order valence-corrected chi connectivity index (χ1v) is 22.5. The summed E-state index contributed by atoms with van der Waals surface area (Å²) in [6.45, 7) is -1.41. The van der Waals surface area contributed by atoms with E-state index in [0.717, 1.165) is 45.3 Å². The van der Waals surface area contributed by atoms with Gasteiger partial charge in [-0.05, 0) is 85.8 Å². The van der Waals surface area contributed by atoms with Crippen LogP contribution in [0.2, 0.25) is 5.02 Å². The summed E-state index contributed by atoms with van der Waals surface area (Å²) in [5.41, 5.74) is 0.274. The average Bonchev–Trinajstić information content (AvgIpc) is 4.20. The van der Waals surface area contributed by atoms with E-state index in [2.05, 4.69) is 20.1 Å². The molecule has 0 bridgehead atoms. The summed E-state index contributed by atoms with van der Waals surface area (Å²) in [5.74, 6) is -3.57. The molecular weight excluding hydrogens is 893 g/mol. The standard InChI is InChI=1S/C45H35ClF5N9O4S/c46-31-14-16-36(41-39(31)43(56-59(41)21-37(50)51)57-65(63,64)27-11-12-27)60-44(54-42-30(45(60)62)13-15-33(53-42)28-5-1-3-7-32(28)49)34(19-23-17-25(47)20-26(48)18-23)52-38(61)22-58-35-8-4-2-6-29(35)40(55-58)24-9-10-24/h1-8,13-18,20,24,27,34,37H,9-12,19,21-22H2,(H,52,61)(H,56,57)/t34-/m0/s1. The van der Waals surface area contributed by atoms with Crippen LogP contribution in [0.1, 0.15) is 54.7 Å². The maximum absolute atomic E-state index is 15.2. The van der Waals surface area contributed by atoms with Gasteiger partial charge in [0.25, 0.3) is 12.0 Å². The molecule has 65 heavy (non-hydrogen) atoms. The van der Waals surface area contributed by atoms with Gasteiger partial charge in [0.1, 0.15) is 36.4 Å². The van der Waals surface area contributed by atoms with Crippen molar-refractivity contribution in [3.05, 3.63) is 141 Å². The molecule has 0 spiro atoms. The third-order valence-corrected chi connectivity index (χ3v) is 13.6. The highest BCUT2D eigenvalue weighted by atomic mass is 35.5. The van der Waals surface area contributed by atoms with Crippen molar-refractivity contribution in [2.45, 2.75) is 68.8 Å². The Balaban J connectivity index is 1.20. The summed E-state index contributed by atoms with van der Waals surface area (Å²) in [5, 5.41) is 11.7. The summed E-state index contributed by atoms with van der Waals surface area (Å²) in [7, 11) is -4.03. The van der Waals surface area contributed by atoms with E-state index in [1.54, 1.807) is 6.07 Å². The van der Waals surface area contributed by atoms with Crippen LogP contribution in [-0.4, -0.2) is 60.1 Å². The molecule has 0 saturated heterocycles. The minimum Gasteiger partial charge on any atom is -0.344 e. The molecule has 2 fully saturated rings. The van der Waals surface area contributed by atoms with Crippen LogP contribution in [0.4, 0.5) is 27.8 Å². The summed E-state index contributed by atoms with van der Waals surface area (Å²) in [6, 6.07) is 19.9. The molecule has 1 amide bonds. The molecular formula is C45H35ClF5N9O4S. The van der Waals surface area contributed by atoms with E-state index in [-0.39, 0.29) is 73.6 Å². The van der Waals surface area contributed by atoms with Crippen LogP contribution >= 0.6 is 11.6 Å². The third-order valence-electron chi connectivity index (χ3n) is 11.4. The van der Waals surface area contributed by atoms with Gasteiger partial charge >= 0.3 is 0 Å². The number of nitrogens with zero attached hydrogens (tertiary/aromatic N) is 7. The van der Waals surface area contributed by atoms with Crippen LogP contribution in [0.3, 0.4) is 0 Å². The molecule has 2 N–H and O–H groups in total. The number of sulfonamides is 1. The fraction of sp³-hybridized carbons (Fsp3) is 0.244. The van der Waals surface area contributed by atoms with Crippen molar-refractivity contribution in [1.29, 1.82) is 0 Å². The SMILES string of the molecule is O=C(Cn1nc(C2CC2)c2ccccc21)N[C@@H](Cc1cc(F)cc(F)c1)c1nc2nc(-c3ccccc3F)ccc2c(=O)n1-c1ccc(Cl)c2c(NS(=O)(=O)C3CC3)nn(CC(F)F)c12. The zero-order chi connectivity index (χ0) is 45.3. The first-order valence-electron chi connectivity index (χ1n) is 20.6. The lowest BCUT2D eigenvalue weighted by Crippen LogP contribution is -2.37. The Morgan fingerprint density at radius 1 is 0.846 bits per heavy atom. The molecule has 2 aliphatic carbocycles. The highest BCUT2D eigenvalue weighted by Gasteiger charge is 2.37. The first kappa shape index (κ1) is 42.2. The number of pyridine rings is 1. The summed E-state index contributed by atoms with van der Waals surface area (Å²) in [4.78, 5) is 38.9. The Morgan fingerprint density at radius 2 is 1.58 bits per heavy atom. The fourth-order valence-corrected chi connectivity index (χ4v) is 9.80. The van der Waals surface area contributed by atoms with Crippen LogP contribution in [0.15, 0.2) is 95.8 Å². The highest BCUT2D eigenvalue weighted by molar-refractivity contribution is 7.93. The van der Waals surface area contributed by atoms with Gasteiger partial charge in [0, 0.05) is 29.4 Å². The van der Waals surface area contributed by atoms with Gasteiger partial charge in [0.15, 0.2) is 11.5 Å². The van der Waals surface area contributed by atoms with Crippen molar-refractivity contribution in [3.63, 3.8) is 0 Å². The number of carbonyl (C=O) groups excluding carboxylic acids is 1. The topological polar surface area (TPSA) is 159 Å². The molecule has 8 aromatic rings. The molecule has 2 saturated carbocycles. The van der Waals surface area contributed by atoms with E-state index in [4.69, 9.17) is 21.7 Å². The van der Waals surface area contributed by atoms with E-state index < -0.39 is 69.6 Å².